The highest BCUT2D eigenvalue weighted by molar-refractivity contribution is 6.33. The predicted octanol–water partition coefficient (Wildman–Crippen LogP) is 2.84. The monoisotopic (exact) mass is 637 g/mol. The fourth-order valence-corrected chi connectivity index (χ4v) is 5.77. The van der Waals surface area contributed by atoms with Gasteiger partial charge in [-0.3, -0.25) is 19.0 Å². The second-order valence-corrected chi connectivity index (χ2v) is 11.4. The maximum Gasteiger partial charge on any atom is 0.242 e. The van der Waals surface area contributed by atoms with Crippen molar-refractivity contribution in [1.29, 1.82) is 0 Å². The summed E-state index contributed by atoms with van der Waals surface area (Å²) in [5.74, 6) is -0.196. The summed E-state index contributed by atoms with van der Waals surface area (Å²) in [7, 11) is 0. The van der Waals surface area contributed by atoms with E-state index in [0.717, 1.165) is 11.3 Å². The lowest BCUT2D eigenvalue weighted by atomic mass is 9.86. The van der Waals surface area contributed by atoms with E-state index in [2.05, 4.69) is 30.8 Å². The summed E-state index contributed by atoms with van der Waals surface area (Å²) >= 11 is 12.8. The number of halogens is 2. The Morgan fingerprint density at radius 1 is 1.05 bits per heavy atom. The van der Waals surface area contributed by atoms with Gasteiger partial charge in [-0.05, 0) is 62.7 Å². The molecular weight excluding hydrogens is 605 g/mol. The molecule has 4 aromatic rings. The number of nitrogens with zero attached hydrogens (tertiary/aromatic N) is 5. The van der Waals surface area contributed by atoms with Crippen LogP contribution in [0.3, 0.4) is 0 Å². The van der Waals surface area contributed by atoms with Crippen molar-refractivity contribution < 1.29 is 14.4 Å². The average molecular weight is 639 g/mol. The second-order valence-electron chi connectivity index (χ2n) is 10.6. The molecule has 0 bridgehead atoms. The molecule has 44 heavy (non-hydrogen) atoms. The van der Waals surface area contributed by atoms with Crippen molar-refractivity contribution in [3.8, 4) is 17.1 Å². The standard InChI is InChI=1S/C30H33Cl2N9O3/c1-3-37-30(29(44)38-18(2)28(43)34-16-23(33)42)12-14-40(15-13-30)26-24-27(36-17-35-26)41(20-10-8-19(31)9-11-20)25(39-24)21-6-4-5-7-22(21)32/h4-11,17-18,37H,3,12-16H2,1-2H3,(H2,33,42)(H,34,43)(H,38,44). The zero-order valence-electron chi connectivity index (χ0n) is 24.3. The number of hydrogen-bond donors (Lipinski definition) is 4. The SMILES string of the molecule is CCNC1(C(=O)NC(C)C(=O)NCC(N)=O)CCN(c2ncnc3c2nc(-c2ccccc2Cl)n3-c2ccc(Cl)cc2)CC1. The maximum atomic E-state index is 13.5. The lowest BCUT2D eigenvalue weighted by Gasteiger charge is -2.42. The molecule has 0 aliphatic carbocycles. The topological polar surface area (TPSA) is 160 Å². The number of nitrogens with one attached hydrogen (secondary N) is 3. The van der Waals surface area contributed by atoms with Gasteiger partial charge in [0.05, 0.1) is 11.6 Å². The van der Waals surface area contributed by atoms with Gasteiger partial charge in [0.1, 0.15) is 23.7 Å². The van der Waals surface area contributed by atoms with Gasteiger partial charge >= 0.3 is 0 Å². The first kappa shape index (κ1) is 31.2. The summed E-state index contributed by atoms with van der Waals surface area (Å²) in [6.45, 7) is 4.73. The van der Waals surface area contributed by atoms with E-state index in [-0.39, 0.29) is 12.5 Å². The number of aromatic nitrogens is 4. The number of primary amides is 1. The third kappa shape index (κ3) is 6.33. The van der Waals surface area contributed by atoms with Crippen molar-refractivity contribution in [3.05, 3.63) is 64.9 Å². The summed E-state index contributed by atoms with van der Waals surface area (Å²) in [4.78, 5) is 53.3. The van der Waals surface area contributed by atoms with Gasteiger partial charge in [-0.15, -0.1) is 0 Å². The number of piperidine rings is 1. The number of fused-ring (bicyclic) bond motifs is 1. The minimum absolute atomic E-state index is 0.290. The lowest BCUT2D eigenvalue weighted by Crippen LogP contribution is -2.64. The Kier molecular flexibility index (Phi) is 9.33. The molecule has 2 aromatic heterocycles. The highest BCUT2D eigenvalue weighted by atomic mass is 35.5. The number of carbonyl (C=O) groups excluding carboxylic acids is 3. The van der Waals surface area contributed by atoms with Crippen molar-refractivity contribution in [1.82, 2.24) is 35.5 Å². The Bertz CT molecular complexity index is 1690. The molecule has 1 unspecified atom stereocenters. The first-order valence-electron chi connectivity index (χ1n) is 14.2. The number of nitrogens with two attached hydrogens (primary N) is 1. The molecule has 1 fully saturated rings. The molecule has 0 spiro atoms. The molecule has 5 N–H and O–H groups in total. The van der Waals surface area contributed by atoms with Crippen LogP contribution in [0.2, 0.25) is 10.0 Å². The molecule has 0 radical (unpaired) electrons. The number of anilines is 1. The molecule has 1 aliphatic rings. The van der Waals surface area contributed by atoms with Crippen LogP contribution in [-0.4, -0.2) is 75.0 Å². The van der Waals surface area contributed by atoms with Crippen molar-refractivity contribution in [3.63, 3.8) is 0 Å². The van der Waals surface area contributed by atoms with Crippen LogP contribution in [0.15, 0.2) is 54.9 Å². The number of likely N-dealkylation sites (N-methyl/N-ethyl adjacent to an activating group) is 1. The Balaban J connectivity index is 1.45. The van der Waals surface area contributed by atoms with Gasteiger partial charge in [0, 0.05) is 29.4 Å². The molecule has 0 saturated carbocycles. The molecule has 1 atom stereocenters. The maximum absolute atomic E-state index is 13.5. The quantitative estimate of drug-likeness (QED) is 0.206. The van der Waals surface area contributed by atoms with Crippen LogP contribution in [0.4, 0.5) is 5.82 Å². The molecule has 5 rings (SSSR count). The van der Waals surface area contributed by atoms with E-state index in [1.165, 1.54) is 6.33 Å². The van der Waals surface area contributed by atoms with Crippen molar-refractivity contribution in [2.24, 2.45) is 5.73 Å². The van der Waals surface area contributed by atoms with Gasteiger partial charge in [0.25, 0.3) is 0 Å². The Hall–Kier alpha value is -4.26. The van der Waals surface area contributed by atoms with E-state index in [4.69, 9.17) is 33.9 Å². The van der Waals surface area contributed by atoms with Crippen LogP contribution in [0.5, 0.6) is 0 Å². The minimum Gasteiger partial charge on any atom is -0.368 e. The van der Waals surface area contributed by atoms with E-state index in [9.17, 15) is 14.4 Å². The Morgan fingerprint density at radius 2 is 1.75 bits per heavy atom. The van der Waals surface area contributed by atoms with E-state index in [1.807, 2.05) is 47.9 Å². The zero-order valence-corrected chi connectivity index (χ0v) is 25.8. The van der Waals surface area contributed by atoms with Crippen LogP contribution in [0.25, 0.3) is 28.2 Å². The molecule has 1 aliphatic heterocycles. The van der Waals surface area contributed by atoms with E-state index in [0.29, 0.717) is 65.3 Å². The molecule has 3 amide bonds. The second kappa shape index (κ2) is 13.2. The summed E-state index contributed by atoms with van der Waals surface area (Å²) in [5.41, 5.74) is 6.96. The zero-order chi connectivity index (χ0) is 31.4. The number of benzene rings is 2. The smallest absolute Gasteiger partial charge is 0.242 e. The van der Waals surface area contributed by atoms with Crippen LogP contribution in [0.1, 0.15) is 26.7 Å². The van der Waals surface area contributed by atoms with Gasteiger partial charge in [-0.25, -0.2) is 15.0 Å². The molecule has 230 valence electrons. The third-order valence-corrected chi connectivity index (χ3v) is 8.25. The van der Waals surface area contributed by atoms with Crippen LogP contribution < -0.4 is 26.6 Å². The van der Waals surface area contributed by atoms with Gasteiger partial charge in [-0.2, -0.15) is 0 Å². The average Bonchev–Trinajstić information content (AvgIpc) is 3.40. The third-order valence-electron chi connectivity index (χ3n) is 7.67. The van der Waals surface area contributed by atoms with Crippen LogP contribution >= 0.6 is 23.2 Å². The van der Waals surface area contributed by atoms with E-state index < -0.39 is 23.4 Å². The molecule has 12 nitrogen and oxygen atoms in total. The molecule has 1 saturated heterocycles. The van der Waals surface area contributed by atoms with Crippen molar-refractivity contribution in [2.45, 2.75) is 38.3 Å². The minimum atomic E-state index is -0.902. The van der Waals surface area contributed by atoms with E-state index in [1.54, 1.807) is 19.1 Å². The van der Waals surface area contributed by atoms with Gasteiger partial charge in [-0.1, -0.05) is 42.3 Å². The number of amides is 3. The fraction of sp³-hybridized carbons (Fsp3) is 0.333. The van der Waals surface area contributed by atoms with Gasteiger partial charge in [0.2, 0.25) is 17.7 Å². The van der Waals surface area contributed by atoms with E-state index >= 15 is 0 Å². The number of carbonyl (C=O) groups is 3. The molecule has 3 heterocycles. The van der Waals surface area contributed by atoms with Gasteiger partial charge < -0.3 is 26.6 Å². The molecular formula is C30H33Cl2N9O3. The highest BCUT2D eigenvalue weighted by Crippen LogP contribution is 2.36. The highest BCUT2D eigenvalue weighted by Gasteiger charge is 2.42. The summed E-state index contributed by atoms with van der Waals surface area (Å²) in [6.07, 6.45) is 2.40. The first-order valence-corrected chi connectivity index (χ1v) is 15.0. The van der Waals surface area contributed by atoms with Crippen molar-refractivity contribution >= 4 is 57.9 Å². The fourth-order valence-electron chi connectivity index (χ4n) is 5.42. The summed E-state index contributed by atoms with van der Waals surface area (Å²) in [6, 6.07) is 14.0. The Labute approximate surface area is 264 Å². The molecule has 14 heteroatoms. The number of hydrogen-bond acceptors (Lipinski definition) is 8. The summed E-state index contributed by atoms with van der Waals surface area (Å²) in [5, 5.41) is 9.71. The van der Waals surface area contributed by atoms with Crippen LogP contribution in [0, 0.1) is 0 Å². The first-order chi connectivity index (χ1) is 21.1. The number of imidazole rings is 1. The largest absolute Gasteiger partial charge is 0.368 e. The Morgan fingerprint density at radius 3 is 2.41 bits per heavy atom. The normalized spacial score (nSPS) is 15.1. The molecule has 2 aromatic carbocycles. The predicted molar refractivity (Wildman–Crippen MR) is 170 cm³/mol. The lowest BCUT2D eigenvalue weighted by molar-refractivity contribution is -0.133. The van der Waals surface area contributed by atoms with Gasteiger partial charge in [0.15, 0.2) is 17.0 Å². The van der Waals surface area contributed by atoms with Crippen molar-refractivity contribution in [2.75, 3.05) is 31.1 Å². The van der Waals surface area contributed by atoms with Crippen LogP contribution in [-0.2, 0) is 14.4 Å². The number of rotatable bonds is 10. The summed E-state index contributed by atoms with van der Waals surface area (Å²) < 4.78 is 1.93.